The minimum atomic E-state index is -3.95. The van der Waals surface area contributed by atoms with E-state index in [0.29, 0.717) is 16.0 Å². The minimum Gasteiger partial charge on any atom is -0.265 e. The first kappa shape index (κ1) is 19.3. The molecule has 3 aromatic rings. The van der Waals surface area contributed by atoms with E-state index in [9.17, 15) is 18.5 Å². The Labute approximate surface area is 168 Å². The summed E-state index contributed by atoms with van der Waals surface area (Å²) in [6, 6.07) is 11.8. The van der Waals surface area contributed by atoms with Crippen LogP contribution in [0, 0.1) is 10.1 Å². The zero-order chi connectivity index (χ0) is 19.6. The lowest BCUT2D eigenvalue weighted by Gasteiger charge is -2.06. The van der Waals surface area contributed by atoms with Crippen LogP contribution in [0.2, 0.25) is 5.02 Å². The summed E-state index contributed by atoms with van der Waals surface area (Å²) in [5.41, 5.74) is 0.637. The van der Waals surface area contributed by atoms with E-state index in [-0.39, 0.29) is 16.4 Å². The molecule has 1 aromatic heterocycles. The summed E-state index contributed by atoms with van der Waals surface area (Å²) in [5.74, 6) is 0.0976. The van der Waals surface area contributed by atoms with Gasteiger partial charge < -0.3 is 0 Å². The minimum absolute atomic E-state index is 0.0976. The topological polar surface area (TPSA) is 107 Å². The maximum absolute atomic E-state index is 12.5. The van der Waals surface area contributed by atoms with Crippen molar-refractivity contribution in [3.63, 3.8) is 0 Å². The van der Waals surface area contributed by atoms with Crippen LogP contribution in [-0.4, -0.2) is 23.1 Å². The molecular weight excluding hydrogens is 460 g/mol. The summed E-state index contributed by atoms with van der Waals surface area (Å²) in [4.78, 5) is 9.98. The number of benzene rings is 2. The van der Waals surface area contributed by atoms with Crippen molar-refractivity contribution in [2.75, 3.05) is 4.72 Å². The Hall–Kier alpha value is -2.43. The van der Waals surface area contributed by atoms with Gasteiger partial charge in [-0.25, -0.2) is 8.42 Å². The number of aromatic nitrogens is 2. The summed E-state index contributed by atoms with van der Waals surface area (Å²) in [7, 11) is -3.95. The molecule has 1 N–H and O–H groups in total. The first-order chi connectivity index (χ1) is 12.8. The molecule has 3 rings (SSSR count). The van der Waals surface area contributed by atoms with E-state index in [4.69, 9.17) is 11.6 Å². The van der Waals surface area contributed by atoms with E-state index in [1.54, 1.807) is 16.9 Å². The first-order valence-electron chi connectivity index (χ1n) is 7.50. The lowest BCUT2D eigenvalue weighted by Crippen LogP contribution is -2.14. The maximum Gasteiger partial charge on any atom is 0.269 e. The van der Waals surface area contributed by atoms with Gasteiger partial charge in [-0.3, -0.25) is 19.5 Å². The second-order valence-electron chi connectivity index (χ2n) is 5.47. The molecule has 0 aliphatic rings. The fourth-order valence-electron chi connectivity index (χ4n) is 2.28. The number of anilines is 1. The zero-order valence-corrected chi connectivity index (χ0v) is 16.7. The molecule has 27 heavy (non-hydrogen) atoms. The van der Waals surface area contributed by atoms with Gasteiger partial charge in [0.2, 0.25) is 0 Å². The molecule has 1 heterocycles. The van der Waals surface area contributed by atoms with Crippen molar-refractivity contribution in [1.82, 2.24) is 9.78 Å². The lowest BCUT2D eigenvalue weighted by atomic mass is 10.2. The predicted molar refractivity (Wildman–Crippen MR) is 104 cm³/mol. The number of non-ortho nitro benzene ring substituents is 1. The van der Waals surface area contributed by atoms with E-state index in [1.807, 2.05) is 18.2 Å². The molecule has 0 atom stereocenters. The van der Waals surface area contributed by atoms with Gasteiger partial charge in [0.25, 0.3) is 15.7 Å². The normalized spacial score (nSPS) is 11.3. The highest BCUT2D eigenvalue weighted by molar-refractivity contribution is 9.10. The third-order valence-electron chi connectivity index (χ3n) is 3.60. The third kappa shape index (κ3) is 4.46. The molecule has 8 nitrogen and oxygen atoms in total. The van der Waals surface area contributed by atoms with Crippen LogP contribution in [0.25, 0.3) is 0 Å². The number of rotatable bonds is 6. The highest BCUT2D eigenvalue weighted by Gasteiger charge is 2.19. The Bertz CT molecular complexity index is 1100. The quantitative estimate of drug-likeness (QED) is 0.431. The molecule has 2 aromatic carbocycles. The summed E-state index contributed by atoms with van der Waals surface area (Å²) < 4.78 is 29.3. The van der Waals surface area contributed by atoms with Crippen LogP contribution in [0.15, 0.2) is 64.1 Å². The molecule has 11 heteroatoms. The Balaban J connectivity index is 1.82. The van der Waals surface area contributed by atoms with Crippen LogP contribution in [0.1, 0.15) is 5.56 Å². The number of halogens is 2. The van der Waals surface area contributed by atoms with Crippen molar-refractivity contribution >= 4 is 49.1 Å². The zero-order valence-electron chi connectivity index (χ0n) is 13.5. The fourth-order valence-corrected chi connectivity index (χ4v) is 4.04. The van der Waals surface area contributed by atoms with E-state index in [2.05, 4.69) is 25.8 Å². The van der Waals surface area contributed by atoms with Crippen molar-refractivity contribution in [2.45, 2.75) is 11.4 Å². The standard InChI is InChI=1S/C16H12BrClN4O4S/c17-14-10-21(9-11-3-1-2-4-15(11)18)19-16(14)20-27(25,26)13-7-5-12(6-8-13)22(23)24/h1-8,10H,9H2,(H,19,20). The van der Waals surface area contributed by atoms with E-state index in [1.165, 1.54) is 0 Å². The molecule has 140 valence electrons. The molecule has 0 saturated carbocycles. The number of nitro groups is 1. The Kier molecular flexibility index (Phi) is 5.49. The average molecular weight is 472 g/mol. The fraction of sp³-hybridized carbons (Fsp3) is 0.0625. The molecule has 0 aliphatic carbocycles. The largest absolute Gasteiger partial charge is 0.269 e. The van der Waals surface area contributed by atoms with Gasteiger partial charge in [0.05, 0.1) is 20.8 Å². The molecule has 0 radical (unpaired) electrons. The monoisotopic (exact) mass is 470 g/mol. The van der Waals surface area contributed by atoms with Crippen molar-refractivity contribution in [1.29, 1.82) is 0 Å². The van der Waals surface area contributed by atoms with E-state index >= 15 is 0 Å². The Morgan fingerprint density at radius 2 is 1.85 bits per heavy atom. The van der Waals surface area contributed by atoms with Gasteiger partial charge in [0, 0.05) is 23.4 Å². The van der Waals surface area contributed by atoms with Crippen molar-refractivity contribution in [2.24, 2.45) is 0 Å². The number of nitrogens with zero attached hydrogens (tertiary/aromatic N) is 3. The first-order valence-corrected chi connectivity index (χ1v) is 10.2. The molecule has 0 aliphatic heterocycles. The summed E-state index contributed by atoms with van der Waals surface area (Å²) >= 11 is 9.40. The number of nitro benzene ring substituents is 1. The number of hydrogen-bond acceptors (Lipinski definition) is 5. The number of hydrogen-bond donors (Lipinski definition) is 1. The van der Waals surface area contributed by atoms with E-state index in [0.717, 1.165) is 29.8 Å². The SMILES string of the molecule is O=[N+]([O-])c1ccc(S(=O)(=O)Nc2nn(Cc3ccccc3Cl)cc2Br)cc1. The smallest absolute Gasteiger partial charge is 0.265 e. The van der Waals surface area contributed by atoms with Gasteiger partial charge in [0.15, 0.2) is 5.82 Å². The second-order valence-corrected chi connectivity index (χ2v) is 8.42. The van der Waals surface area contributed by atoms with Crippen molar-refractivity contribution < 1.29 is 13.3 Å². The summed E-state index contributed by atoms with van der Waals surface area (Å²) in [6.45, 7) is 0.359. The van der Waals surface area contributed by atoms with Gasteiger partial charge in [0.1, 0.15) is 0 Å². The van der Waals surface area contributed by atoms with Crippen LogP contribution in [0.4, 0.5) is 11.5 Å². The molecular formula is C16H12BrClN4O4S. The molecule has 0 unspecified atom stereocenters. The molecule has 0 spiro atoms. The van der Waals surface area contributed by atoms with Crippen molar-refractivity contribution in [3.8, 4) is 0 Å². The van der Waals surface area contributed by atoms with E-state index < -0.39 is 14.9 Å². The van der Waals surface area contributed by atoms with Gasteiger partial charge in [-0.2, -0.15) is 5.10 Å². The molecule has 0 saturated heterocycles. The van der Waals surface area contributed by atoms with Crippen LogP contribution in [0.3, 0.4) is 0 Å². The average Bonchev–Trinajstić information content (AvgIpc) is 2.95. The van der Waals surface area contributed by atoms with Crippen molar-refractivity contribution in [3.05, 3.63) is 79.9 Å². The Morgan fingerprint density at radius 1 is 1.19 bits per heavy atom. The van der Waals surface area contributed by atoms with Gasteiger partial charge >= 0.3 is 0 Å². The lowest BCUT2D eigenvalue weighted by molar-refractivity contribution is -0.384. The highest BCUT2D eigenvalue weighted by Crippen LogP contribution is 2.25. The third-order valence-corrected chi connectivity index (χ3v) is 5.90. The maximum atomic E-state index is 12.5. The Morgan fingerprint density at radius 3 is 2.48 bits per heavy atom. The predicted octanol–water partition coefficient (Wildman–Crippen LogP) is 4.06. The van der Waals surface area contributed by atoms with Gasteiger partial charge in [-0.15, -0.1) is 0 Å². The second kappa shape index (κ2) is 7.67. The number of sulfonamides is 1. The number of nitrogens with one attached hydrogen (secondary N) is 1. The molecule has 0 bridgehead atoms. The summed E-state index contributed by atoms with van der Waals surface area (Å²) in [5, 5.41) is 15.5. The molecule has 0 fully saturated rings. The van der Waals surface area contributed by atoms with Gasteiger partial charge in [-0.1, -0.05) is 29.8 Å². The van der Waals surface area contributed by atoms with Gasteiger partial charge in [-0.05, 0) is 39.7 Å². The highest BCUT2D eigenvalue weighted by atomic mass is 79.9. The van der Waals surface area contributed by atoms with Crippen LogP contribution in [0.5, 0.6) is 0 Å². The van der Waals surface area contributed by atoms with Crippen LogP contribution in [-0.2, 0) is 16.6 Å². The van der Waals surface area contributed by atoms with Crippen LogP contribution >= 0.6 is 27.5 Å². The molecule has 0 amide bonds. The summed E-state index contributed by atoms with van der Waals surface area (Å²) in [6.07, 6.45) is 1.62. The van der Waals surface area contributed by atoms with Crippen LogP contribution < -0.4 is 4.72 Å².